The molecule has 1 aliphatic heterocycles. The Hall–Kier alpha value is -3.01. The molecule has 0 radical (unpaired) electrons. The molecule has 1 aliphatic rings. The van der Waals surface area contributed by atoms with Gasteiger partial charge >= 0.3 is 0 Å². The summed E-state index contributed by atoms with van der Waals surface area (Å²) in [6, 6.07) is 15.6. The summed E-state index contributed by atoms with van der Waals surface area (Å²) in [5.41, 5.74) is 0.822. The Morgan fingerprint density at radius 1 is 0.909 bits per heavy atom. The summed E-state index contributed by atoms with van der Waals surface area (Å²) in [6.07, 6.45) is 0. The average Bonchev–Trinajstić information content (AvgIpc) is 2.81. The highest BCUT2D eigenvalue weighted by Crippen LogP contribution is 2.28. The minimum Gasteiger partial charge on any atom is -0.369 e. The van der Waals surface area contributed by atoms with E-state index in [-0.39, 0.29) is 40.1 Å². The van der Waals surface area contributed by atoms with Crippen LogP contribution >= 0.6 is 11.6 Å². The predicted octanol–water partition coefficient (Wildman–Crippen LogP) is 4.38. The second-order valence-electron chi connectivity index (χ2n) is 7.45. The van der Waals surface area contributed by atoms with Crippen molar-refractivity contribution < 1.29 is 22.0 Å². The molecule has 0 aromatic heterocycles. The quantitative estimate of drug-likeness (QED) is 0.575. The Bertz CT molecular complexity index is 1280. The summed E-state index contributed by atoms with van der Waals surface area (Å²) in [7, 11) is -3.98. The maximum Gasteiger partial charge on any atom is 0.255 e. The number of benzene rings is 3. The smallest absolute Gasteiger partial charge is 0.255 e. The van der Waals surface area contributed by atoms with Gasteiger partial charge in [0.1, 0.15) is 16.5 Å². The Kier molecular flexibility index (Phi) is 6.64. The molecule has 1 amide bonds. The van der Waals surface area contributed by atoms with Gasteiger partial charge in [0.15, 0.2) is 0 Å². The van der Waals surface area contributed by atoms with Crippen LogP contribution in [0.2, 0.25) is 5.02 Å². The largest absolute Gasteiger partial charge is 0.369 e. The van der Waals surface area contributed by atoms with Crippen molar-refractivity contribution in [2.75, 3.05) is 36.4 Å². The zero-order valence-electron chi connectivity index (χ0n) is 17.3. The number of amides is 1. The molecule has 0 aliphatic carbocycles. The second-order valence-corrected chi connectivity index (χ2v) is 9.76. The molecule has 0 atom stereocenters. The van der Waals surface area contributed by atoms with Gasteiger partial charge in [0.25, 0.3) is 5.91 Å². The summed E-state index contributed by atoms with van der Waals surface area (Å²) in [5, 5.41) is 2.42. The number of carbonyl (C=O) groups is 1. The van der Waals surface area contributed by atoms with Crippen LogP contribution < -0.4 is 10.2 Å². The third-order valence-electron chi connectivity index (χ3n) is 5.36. The third kappa shape index (κ3) is 5.00. The first-order chi connectivity index (χ1) is 15.8. The van der Waals surface area contributed by atoms with Gasteiger partial charge in [0, 0.05) is 37.4 Å². The number of hydrogen-bond acceptors (Lipinski definition) is 4. The van der Waals surface area contributed by atoms with Gasteiger partial charge in [-0.25, -0.2) is 17.2 Å². The number of carbonyl (C=O) groups excluding carboxylic acids is 1. The van der Waals surface area contributed by atoms with Gasteiger partial charge in [-0.15, -0.1) is 0 Å². The van der Waals surface area contributed by atoms with Crippen LogP contribution in [0, 0.1) is 11.6 Å². The van der Waals surface area contributed by atoms with Crippen molar-refractivity contribution in [1.82, 2.24) is 4.31 Å². The Balaban J connectivity index is 1.51. The van der Waals surface area contributed by atoms with Crippen LogP contribution in [0.15, 0.2) is 71.6 Å². The van der Waals surface area contributed by atoms with E-state index < -0.39 is 21.7 Å². The number of halogens is 3. The van der Waals surface area contributed by atoms with Crippen molar-refractivity contribution in [2.45, 2.75) is 4.90 Å². The van der Waals surface area contributed by atoms with Crippen molar-refractivity contribution in [3.63, 3.8) is 0 Å². The fourth-order valence-electron chi connectivity index (χ4n) is 3.58. The Labute approximate surface area is 195 Å². The van der Waals surface area contributed by atoms with E-state index in [2.05, 4.69) is 5.32 Å². The molecule has 0 unspecified atom stereocenters. The summed E-state index contributed by atoms with van der Waals surface area (Å²) in [6.45, 7) is 1.22. The highest BCUT2D eigenvalue weighted by Gasteiger charge is 2.31. The first kappa shape index (κ1) is 23.2. The number of hydrogen-bond donors (Lipinski definition) is 1. The molecule has 10 heteroatoms. The van der Waals surface area contributed by atoms with E-state index in [1.165, 1.54) is 52.8 Å². The molecule has 1 N–H and O–H groups in total. The molecule has 3 aromatic rings. The van der Waals surface area contributed by atoms with Crippen LogP contribution in [0.25, 0.3) is 0 Å². The number of nitrogens with zero attached hydrogens (tertiary/aromatic N) is 2. The summed E-state index contributed by atoms with van der Waals surface area (Å²) >= 11 is 6.19. The molecule has 33 heavy (non-hydrogen) atoms. The van der Waals surface area contributed by atoms with Gasteiger partial charge in [-0.1, -0.05) is 23.7 Å². The predicted molar refractivity (Wildman–Crippen MR) is 123 cm³/mol. The third-order valence-corrected chi connectivity index (χ3v) is 7.74. The number of sulfonamides is 1. The molecular weight excluding hydrogens is 472 g/mol. The maximum atomic E-state index is 13.9. The lowest BCUT2D eigenvalue weighted by molar-refractivity contribution is 0.102. The van der Waals surface area contributed by atoms with E-state index in [1.54, 1.807) is 18.2 Å². The van der Waals surface area contributed by atoms with Crippen LogP contribution in [0.3, 0.4) is 0 Å². The van der Waals surface area contributed by atoms with E-state index in [0.717, 1.165) is 5.69 Å². The van der Waals surface area contributed by atoms with E-state index in [0.29, 0.717) is 13.1 Å². The molecule has 0 saturated carbocycles. The van der Waals surface area contributed by atoms with Crippen molar-refractivity contribution >= 4 is 38.9 Å². The summed E-state index contributed by atoms with van der Waals surface area (Å²) in [5.74, 6) is -1.60. The lowest BCUT2D eigenvalue weighted by Crippen LogP contribution is -2.48. The van der Waals surface area contributed by atoms with Crippen LogP contribution in [-0.2, 0) is 10.0 Å². The lowest BCUT2D eigenvalue weighted by Gasteiger charge is -2.35. The summed E-state index contributed by atoms with van der Waals surface area (Å²) in [4.78, 5) is 14.4. The highest BCUT2D eigenvalue weighted by atomic mass is 35.5. The first-order valence-electron chi connectivity index (χ1n) is 10.1. The molecule has 0 bridgehead atoms. The van der Waals surface area contributed by atoms with Gasteiger partial charge in [-0.2, -0.15) is 4.31 Å². The van der Waals surface area contributed by atoms with E-state index in [1.807, 2.05) is 4.90 Å². The zero-order chi connectivity index (χ0) is 23.6. The summed E-state index contributed by atoms with van der Waals surface area (Å²) < 4.78 is 54.8. The first-order valence-corrected chi connectivity index (χ1v) is 11.9. The highest BCUT2D eigenvalue weighted by molar-refractivity contribution is 7.89. The van der Waals surface area contributed by atoms with Gasteiger partial charge in [0.2, 0.25) is 10.0 Å². The van der Waals surface area contributed by atoms with Gasteiger partial charge in [-0.05, 0) is 54.6 Å². The normalized spacial score (nSPS) is 14.8. The molecule has 1 saturated heterocycles. The number of piperazine rings is 1. The van der Waals surface area contributed by atoms with Crippen LogP contribution in [0.1, 0.15) is 10.4 Å². The van der Waals surface area contributed by atoms with Crippen LogP contribution in [0.5, 0.6) is 0 Å². The van der Waals surface area contributed by atoms with Crippen LogP contribution in [-0.4, -0.2) is 44.8 Å². The van der Waals surface area contributed by atoms with Gasteiger partial charge in [0.05, 0.1) is 10.7 Å². The van der Waals surface area contributed by atoms with Gasteiger partial charge in [-0.3, -0.25) is 4.79 Å². The Morgan fingerprint density at radius 2 is 1.58 bits per heavy atom. The second kappa shape index (κ2) is 9.46. The van der Waals surface area contributed by atoms with E-state index in [4.69, 9.17) is 11.6 Å². The molecule has 1 fully saturated rings. The van der Waals surface area contributed by atoms with Crippen LogP contribution in [0.4, 0.5) is 20.2 Å². The van der Waals surface area contributed by atoms with Crippen molar-refractivity contribution in [3.8, 4) is 0 Å². The standard InChI is InChI=1S/C23H20ClF2N3O3S/c24-19-10-5-16(23(30)27-21-4-2-1-3-20(21)26)15-22(19)33(31,32)29-13-11-28(12-14-29)18-8-6-17(25)7-9-18/h1-10,15H,11-14H2,(H,27,30). The molecule has 1 heterocycles. The SMILES string of the molecule is O=C(Nc1ccccc1F)c1ccc(Cl)c(S(=O)(=O)N2CCN(c3ccc(F)cc3)CC2)c1. The minimum absolute atomic E-state index is 0.0150. The van der Waals surface area contributed by atoms with Crippen molar-refractivity contribution in [3.05, 3.63) is 89.0 Å². The molecule has 3 aromatic carbocycles. The fraction of sp³-hybridized carbons (Fsp3) is 0.174. The number of rotatable bonds is 5. The van der Waals surface area contributed by atoms with E-state index >= 15 is 0 Å². The molecular formula is C23H20ClF2N3O3S. The average molecular weight is 492 g/mol. The van der Waals surface area contributed by atoms with E-state index in [9.17, 15) is 22.0 Å². The topological polar surface area (TPSA) is 69.7 Å². The number of anilines is 2. The fourth-order valence-corrected chi connectivity index (χ4v) is 5.50. The molecule has 172 valence electrons. The molecule has 0 spiro atoms. The monoisotopic (exact) mass is 491 g/mol. The van der Waals surface area contributed by atoms with Crippen molar-refractivity contribution in [2.24, 2.45) is 0 Å². The van der Waals surface area contributed by atoms with Crippen molar-refractivity contribution in [1.29, 1.82) is 0 Å². The zero-order valence-corrected chi connectivity index (χ0v) is 18.9. The Morgan fingerprint density at radius 3 is 2.24 bits per heavy atom. The molecule has 6 nitrogen and oxygen atoms in total. The molecule has 4 rings (SSSR count). The number of nitrogens with one attached hydrogen (secondary N) is 1. The van der Waals surface area contributed by atoms with Gasteiger partial charge < -0.3 is 10.2 Å². The lowest BCUT2D eigenvalue weighted by atomic mass is 10.2. The number of para-hydroxylation sites is 1. The maximum absolute atomic E-state index is 13.9. The minimum atomic E-state index is -3.98.